The fourth-order valence-corrected chi connectivity index (χ4v) is 1.11. The third kappa shape index (κ3) is 2.91. The fraction of sp³-hybridized carbons (Fsp3) is 0.625. The van der Waals surface area contributed by atoms with Crippen molar-refractivity contribution in [1.82, 2.24) is 9.78 Å². The van der Waals surface area contributed by atoms with Gasteiger partial charge in [-0.2, -0.15) is 0 Å². The molecule has 0 bridgehead atoms. The van der Waals surface area contributed by atoms with Crippen molar-refractivity contribution >= 4 is 11.5 Å². The molecule has 0 amide bonds. The van der Waals surface area contributed by atoms with Gasteiger partial charge < -0.3 is 11.1 Å². The van der Waals surface area contributed by atoms with Crippen LogP contribution < -0.4 is 11.1 Å². The van der Waals surface area contributed by atoms with Gasteiger partial charge in [0, 0.05) is 19.6 Å². The Hall–Kier alpha value is -1.63. The number of aromatic nitrogens is 2. The van der Waals surface area contributed by atoms with E-state index in [0.29, 0.717) is 6.54 Å². The second-order valence-electron chi connectivity index (χ2n) is 3.34. The third-order valence-electron chi connectivity index (χ3n) is 2.06. The summed E-state index contributed by atoms with van der Waals surface area (Å²) in [4.78, 5) is 10.2. The first-order chi connectivity index (χ1) is 7.04. The Balaban J connectivity index is 2.71. The summed E-state index contributed by atoms with van der Waals surface area (Å²) in [6, 6.07) is -0.0217. The van der Waals surface area contributed by atoms with E-state index in [4.69, 9.17) is 5.73 Å². The molecule has 0 aromatic carbocycles. The lowest BCUT2D eigenvalue weighted by Crippen LogP contribution is -2.28. The van der Waals surface area contributed by atoms with Gasteiger partial charge in [0.05, 0.1) is 4.92 Å². The highest BCUT2D eigenvalue weighted by molar-refractivity contribution is 5.54. The van der Waals surface area contributed by atoms with E-state index in [2.05, 4.69) is 10.4 Å². The molecular weight excluding hydrogens is 198 g/mol. The number of nitrogens with one attached hydrogen (secondary N) is 1. The zero-order valence-electron chi connectivity index (χ0n) is 8.80. The van der Waals surface area contributed by atoms with Gasteiger partial charge in [0.25, 0.3) is 0 Å². The van der Waals surface area contributed by atoms with Crippen molar-refractivity contribution in [2.24, 2.45) is 12.8 Å². The van der Waals surface area contributed by atoms with Crippen molar-refractivity contribution in [3.8, 4) is 0 Å². The summed E-state index contributed by atoms with van der Waals surface area (Å²) in [5.74, 6) is 0.270. The first-order valence-corrected chi connectivity index (χ1v) is 4.72. The predicted molar refractivity (Wildman–Crippen MR) is 56.6 cm³/mol. The zero-order chi connectivity index (χ0) is 11.4. The summed E-state index contributed by atoms with van der Waals surface area (Å²) in [5.41, 5.74) is 5.66. The van der Waals surface area contributed by atoms with E-state index in [1.807, 2.05) is 6.92 Å². The Labute approximate surface area is 87.4 Å². The van der Waals surface area contributed by atoms with E-state index in [1.165, 1.54) is 10.9 Å². The van der Waals surface area contributed by atoms with Gasteiger partial charge >= 0.3 is 5.69 Å². The molecular formula is C8H15N5O2. The van der Waals surface area contributed by atoms with Crippen molar-refractivity contribution in [1.29, 1.82) is 0 Å². The molecule has 15 heavy (non-hydrogen) atoms. The number of nitrogens with two attached hydrogens (primary N) is 1. The maximum absolute atomic E-state index is 10.6. The van der Waals surface area contributed by atoms with E-state index in [9.17, 15) is 10.1 Å². The SMILES string of the molecule is CCC(N)CNc1nn(C)cc1[N+](=O)[O-]. The Morgan fingerprint density at radius 3 is 3.00 bits per heavy atom. The van der Waals surface area contributed by atoms with Crippen molar-refractivity contribution in [3.63, 3.8) is 0 Å². The highest BCUT2D eigenvalue weighted by Crippen LogP contribution is 2.20. The van der Waals surface area contributed by atoms with Crippen LogP contribution in [-0.4, -0.2) is 27.3 Å². The van der Waals surface area contributed by atoms with Crippen LogP contribution in [0.5, 0.6) is 0 Å². The summed E-state index contributed by atoms with van der Waals surface area (Å²) in [6.07, 6.45) is 2.17. The predicted octanol–water partition coefficient (Wildman–Crippen LogP) is 0.477. The van der Waals surface area contributed by atoms with Gasteiger partial charge in [-0.15, -0.1) is 5.10 Å². The molecule has 0 radical (unpaired) electrons. The molecule has 1 aromatic heterocycles. The first-order valence-electron chi connectivity index (χ1n) is 4.72. The number of hydrogen-bond acceptors (Lipinski definition) is 5. The molecule has 0 saturated heterocycles. The number of aryl methyl sites for hydroxylation is 1. The first kappa shape index (κ1) is 11.4. The van der Waals surface area contributed by atoms with Gasteiger partial charge in [0.15, 0.2) is 0 Å². The number of nitro groups is 1. The maximum Gasteiger partial charge on any atom is 0.330 e. The maximum atomic E-state index is 10.6. The van der Waals surface area contributed by atoms with Gasteiger partial charge in [-0.25, -0.2) is 0 Å². The summed E-state index contributed by atoms with van der Waals surface area (Å²) < 4.78 is 1.40. The van der Waals surface area contributed by atoms with E-state index in [1.54, 1.807) is 7.05 Å². The lowest BCUT2D eigenvalue weighted by atomic mass is 10.2. The van der Waals surface area contributed by atoms with Gasteiger partial charge in [0.1, 0.15) is 6.20 Å². The average molecular weight is 213 g/mol. The monoisotopic (exact) mass is 213 g/mol. The molecule has 7 nitrogen and oxygen atoms in total. The molecule has 0 aliphatic heterocycles. The molecule has 3 N–H and O–H groups in total. The molecule has 7 heteroatoms. The van der Waals surface area contributed by atoms with Crippen LogP contribution in [0.4, 0.5) is 11.5 Å². The van der Waals surface area contributed by atoms with Gasteiger partial charge in [0.2, 0.25) is 5.82 Å². The molecule has 1 aromatic rings. The highest BCUT2D eigenvalue weighted by Gasteiger charge is 2.18. The van der Waals surface area contributed by atoms with Crippen LogP contribution in [0.25, 0.3) is 0 Å². The minimum atomic E-state index is -0.465. The van der Waals surface area contributed by atoms with Crippen LogP contribution >= 0.6 is 0 Å². The van der Waals surface area contributed by atoms with Crippen molar-refractivity contribution in [2.75, 3.05) is 11.9 Å². The Morgan fingerprint density at radius 2 is 2.47 bits per heavy atom. The summed E-state index contributed by atoms with van der Waals surface area (Å²) >= 11 is 0. The summed E-state index contributed by atoms with van der Waals surface area (Å²) in [6.45, 7) is 2.44. The summed E-state index contributed by atoms with van der Waals surface area (Å²) in [7, 11) is 1.64. The van der Waals surface area contributed by atoms with Crippen LogP contribution in [0.2, 0.25) is 0 Å². The Morgan fingerprint density at radius 1 is 1.80 bits per heavy atom. The Bertz CT molecular complexity index is 349. The minimum Gasteiger partial charge on any atom is -0.361 e. The van der Waals surface area contributed by atoms with Crippen molar-refractivity contribution in [3.05, 3.63) is 16.3 Å². The van der Waals surface area contributed by atoms with Gasteiger partial charge in [-0.1, -0.05) is 6.92 Å². The quantitative estimate of drug-likeness (QED) is 0.547. The second kappa shape index (κ2) is 4.74. The van der Waals surface area contributed by atoms with E-state index in [0.717, 1.165) is 6.42 Å². The topological polar surface area (TPSA) is 99.0 Å². The largest absolute Gasteiger partial charge is 0.361 e. The van der Waals surface area contributed by atoms with E-state index < -0.39 is 4.92 Å². The van der Waals surface area contributed by atoms with Crippen LogP contribution in [0.3, 0.4) is 0 Å². The van der Waals surface area contributed by atoms with E-state index >= 15 is 0 Å². The molecule has 84 valence electrons. The fourth-order valence-electron chi connectivity index (χ4n) is 1.11. The lowest BCUT2D eigenvalue weighted by Gasteiger charge is -2.08. The van der Waals surface area contributed by atoms with Gasteiger partial charge in [-0.05, 0) is 6.42 Å². The Kier molecular flexibility index (Phi) is 3.62. The van der Waals surface area contributed by atoms with Crippen molar-refractivity contribution < 1.29 is 4.92 Å². The van der Waals surface area contributed by atoms with Crippen molar-refractivity contribution in [2.45, 2.75) is 19.4 Å². The molecule has 0 aliphatic rings. The second-order valence-corrected chi connectivity index (χ2v) is 3.34. The van der Waals surface area contributed by atoms with Crippen LogP contribution in [0.15, 0.2) is 6.20 Å². The average Bonchev–Trinajstić information content (AvgIpc) is 2.56. The number of nitrogens with zero attached hydrogens (tertiary/aromatic N) is 3. The molecule has 1 atom stereocenters. The number of hydrogen-bond donors (Lipinski definition) is 2. The number of anilines is 1. The molecule has 1 heterocycles. The standard InChI is InChI=1S/C8H15N5O2/c1-3-6(9)4-10-8-7(13(14)15)5-12(2)11-8/h5-6H,3-4,9H2,1-2H3,(H,10,11). The molecule has 1 rings (SSSR count). The normalized spacial score (nSPS) is 12.5. The minimum absolute atomic E-state index is 0.0217. The lowest BCUT2D eigenvalue weighted by molar-refractivity contribution is -0.384. The van der Waals surface area contributed by atoms with Crippen LogP contribution in [-0.2, 0) is 7.05 Å². The summed E-state index contributed by atoms with van der Waals surface area (Å²) in [5, 5.41) is 17.4. The molecule has 0 fully saturated rings. The smallest absolute Gasteiger partial charge is 0.330 e. The third-order valence-corrected chi connectivity index (χ3v) is 2.06. The van der Waals surface area contributed by atoms with Crippen LogP contribution in [0, 0.1) is 10.1 Å². The highest BCUT2D eigenvalue weighted by atomic mass is 16.6. The van der Waals surface area contributed by atoms with Crippen LogP contribution in [0.1, 0.15) is 13.3 Å². The molecule has 1 unspecified atom stereocenters. The molecule has 0 spiro atoms. The van der Waals surface area contributed by atoms with E-state index in [-0.39, 0.29) is 17.5 Å². The molecule has 0 saturated carbocycles. The van der Waals surface area contributed by atoms with Gasteiger partial charge in [-0.3, -0.25) is 14.8 Å². The zero-order valence-corrected chi connectivity index (χ0v) is 8.80. The molecule has 0 aliphatic carbocycles. The number of rotatable bonds is 5.